The molecular formula is C23H24Cl2N4O4. The van der Waals surface area contributed by atoms with Gasteiger partial charge in [-0.3, -0.25) is 19.3 Å². The second-order valence-electron chi connectivity index (χ2n) is 8.08. The third-order valence-corrected chi connectivity index (χ3v) is 6.57. The number of fused-ring (bicyclic) bond motifs is 1. The van der Waals surface area contributed by atoms with Gasteiger partial charge >= 0.3 is 0 Å². The maximum absolute atomic E-state index is 13.3. The van der Waals surface area contributed by atoms with Crippen LogP contribution in [0.15, 0.2) is 42.5 Å². The number of hydrogen-bond acceptors (Lipinski definition) is 5. The summed E-state index contributed by atoms with van der Waals surface area (Å²) in [6.07, 6.45) is 1.46. The minimum absolute atomic E-state index is 0.0269. The lowest BCUT2D eigenvalue weighted by atomic mass is 10.0. The highest BCUT2D eigenvalue weighted by atomic mass is 35.5. The number of para-hydroxylation sites is 2. The van der Waals surface area contributed by atoms with Gasteiger partial charge in [0.2, 0.25) is 11.8 Å². The van der Waals surface area contributed by atoms with E-state index in [9.17, 15) is 14.4 Å². The molecule has 3 N–H and O–H groups in total. The molecular weight excluding hydrogens is 467 g/mol. The third-order valence-electron chi connectivity index (χ3n) is 5.83. The summed E-state index contributed by atoms with van der Waals surface area (Å²) in [6.45, 7) is 0.662. The number of hydrogen-bond donors (Lipinski definition) is 2. The molecule has 174 valence electrons. The molecule has 10 heteroatoms. The van der Waals surface area contributed by atoms with Crippen molar-refractivity contribution >= 4 is 52.3 Å². The number of nitrogens with one attached hydrogen (secondary N) is 1. The number of benzene rings is 2. The molecule has 2 aliphatic rings. The summed E-state index contributed by atoms with van der Waals surface area (Å²) in [5, 5.41) is 3.62. The van der Waals surface area contributed by atoms with Gasteiger partial charge in [-0.25, -0.2) is 0 Å². The Hall–Kier alpha value is -2.81. The van der Waals surface area contributed by atoms with Gasteiger partial charge in [-0.1, -0.05) is 41.8 Å². The molecule has 3 amide bonds. The molecule has 2 atom stereocenters. The zero-order valence-corrected chi connectivity index (χ0v) is 19.3. The van der Waals surface area contributed by atoms with Crippen LogP contribution in [0.3, 0.4) is 0 Å². The Labute approximate surface area is 201 Å². The standard InChI is InChI=1S/C23H24Cl2N4O4/c24-15-9-8-14(11-16(15)25)27-23(32)18-6-3-4-10-28(18)13-21(30)29-12-20(22(26)31)33-19-7-2-1-5-17(19)29/h1-2,5,7-9,11,18,20H,3-4,6,10,12-13H2,(H2,26,31)(H,27,32). The quantitative estimate of drug-likeness (QED) is 0.669. The molecule has 1 fully saturated rings. The second-order valence-corrected chi connectivity index (χ2v) is 8.90. The number of halogens is 2. The molecule has 2 heterocycles. The molecule has 8 nitrogen and oxygen atoms in total. The van der Waals surface area contributed by atoms with E-state index in [-0.39, 0.29) is 24.9 Å². The SMILES string of the molecule is NC(=O)C1CN(C(=O)CN2CCCCC2C(=O)Nc2ccc(Cl)c(Cl)c2)c2ccccc2O1. The van der Waals surface area contributed by atoms with Gasteiger partial charge in [0.15, 0.2) is 6.10 Å². The average Bonchev–Trinajstić information content (AvgIpc) is 2.81. The van der Waals surface area contributed by atoms with Gasteiger partial charge in [-0.05, 0) is 49.7 Å². The fraction of sp³-hybridized carbons (Fsp3) is 0.348. The first kappa shape index (κ1) is 23.4. The highest BCUT2D eigenvalue weighted by Crippen LogP contribution is 2.33. The van der Waals surface area contributed by atoms with Crippen molar-refractivity contribution < 1.29 is 19.1 Å². The number of carbonyl (C=O) groups excluding carboxylic acids is 3. The zero-order valence-electron chi connectivity index (χ0n) is 17.8. The van der Waals surface area contributed by atoms with E-state index in [1.54, 1.807) is 42.5 Å². The van der Waals surface area contributed by atoms with Crippen LogP contribution in [-0.2, 0) is 14.4 Å². The van der Waals surface area contributed by atoms with E-state index in [0.717, 1.165) is 12.8 Å². The molecule has 33 heavy (non-hydrogen) atoms. The average molecular weight is 491 g/mol. The van der Waals surface area contributed by atoms with Crippen molar-refractivity contribution in [1.29, 1.82) is 0 Å². The molecule has 4 rings (SSSR count). The van der Waals surface area contributed by atoms with Crippen LogP contribution < -0.4 is 20.7 Å². The Morgan fingerprint density at radius 1 is 1.09 bits per heavy atom. The van der Waals surface area contributed by atoms with Crippen molar-refractivity contribution in [1.82, 2.24) is 4.90 Å². The van der Waals surface area contributed by atoms with Crippen molar-refractivity contribution in [2.24, 2.45) is 5.73 Å². The Kier molecular flexibility index (Phi) is 7.07. The third kappa shape index (κ3) is 5.24. The number of primary amides is 1. The number of nitrogens with zero attached hydrogens (tertiary/aromatic N) is 2. The molecule has 0 saturated carbocycles. The predicted octanol–water partition coefficient (Wildman–Crippen LogP) is 3.07. The molecule has 2 unspecified atom stereocenters. The van der Waals surface area contributed by atoms with E-state index >= 15 is 0 Å². The number of likely N-dealkylation sites (tertiary alicyclic amines) is 1. The minimum atomic E-state index is -0.932. The number of nitrogens with two attached hydrogens (primary N) is 1. The van der Waals surface area contributed by atoms with Crippen LogP contribution in [0, 0.1) is 0 Å². The van der Waals surface area contributed by atoms with Gasteiger partial charge in [0.25, 0.3) is 5.91 Å². The van der Waals surface area contributed by atoms with Crippen molar-refractivity contribution in [2.45, 2.75) is 31.4 Å². The summed E-state index contributed by atoms with van der Waals surface area (Å²) in [5.74, 6) is -0.655. The van der Waals surface area contributed by atoms with Crippen LogP contribution in [0.1, 0.15) is 19.3 Å². The van der Waals surface area contributed by atoms with Gasteiger partial charge in [0.1, 0.15) is 5.75 Å². The van der Waals surface area contributed by atoms with Crippen LogP contribution in [0.25, 0.3) is 0 Å². The summed E-state index contributed by atoms with van der Waals surface area (Å²) in [6, 6.07) is 11.4. The van der Waals surface area contributed by atoms with E-state index in [1.165, 1.54) is 4.90 Å². The Morgan fingerprint density at radius 2 is 1.88 bits per heavy atom. The van der Waals surface area contributed by atoms with E-state index in [2.05, 4.69) is 5.32 Å². The first-order valence-corrected chi connectivity index (χ1v) is 11.4. The normalized spacial score (nSPS) is 20.5. The van der Waals surface area contributed by atoms with Crippen molar-refractivity contribution in [3.8, 4) is 5.75 Å². The number of rotatable bonds is 5. The smallest absolute Gasteiger partial charge is 0.260 e. The second kappa shape index (κ2) is 9.99. The highest BCUT2D eigenvalue weighted by Gasteiger charge is 2.36. The monoisotopic (exact) mass is 490 g/mol. The Bertz CT molecular complexity index is 1080. The molecule has 0 aliphatic carbocycles. The zero-order chi connectivity index (χ0) is 23.5. The van der Waals surface area contributed by atoms with E-state index in [0.29, 0.717) is 40.1 Å². The molecule has 2 aliphatic heterocycles. The fourth-order valence-electron chi connectivity index (χ4n) is 4.15. The van der Waals surface area contributed by atoms with Crippen LogP contribution in [0.2, 0.25) is 10.0 Å². The first-order chi connectivity index (χ1) is 15.8. The Balaban J connectivity index is 1.49. The molecule has 0 aromatic heterocycles. The largest absolute Gasteiger partial charge is 0.477 e. The van der Waals surface area contributed by atoms with Gasteiger partial charge in [-0.2, -0.15) is 0 Å². The van der Waals surface area contributed by atoms with E-state index in [1.807, 2.05) is 4.90 Å². The lowest BCUT2D eigenvalue weighted by Crippen LogP contribution is -2.54. The van der Waals surface area contributed by atoms with Crippen LogP contribution in [0.5, 0.6) is 5.75 Å². The summed E-state index contributed by atoms with van der Waals surface area (Å²) in [5.41, 5.74) is 6.56. The predicted molar refractivity (Wildman–Crippen MR) is 127 cm³/mol. The lowest BCUT2D eigenvalue weighted by Gasteiger charge is -2.38. The molecule has 0 spiro atoms. The number of piperidine rings is 1. The summed E-state index contributed by atoms with van der Waals surface area (Å²) in [7, 11) is 0. The minimum Gasteiger partial charge on any atom is -0.477 e. The summed E-state index contributed by atoms with van der Waals surface area (Å²) >= 11 is 12.0. The number of ether oxygens (including phenoxy) is 1. The molecule has 2 aromatic rings. The Morgan fingerprint density at radius 3 is 2.64 bits per heavy atom. The van der Waals surface area contributed by atoms with Crippen molar-refractivity contribution in [3.05, 3.63) is 52.5 Å². The lowest BCUT2D eigenvalue weighted by molar-refractivity contribution is -0.126. The van der Waals surface area contributed by atoms with E-state index in [4.69, 9.17) is 33.7 Å². The molecule has 1 saturated heterocycles. The van der Waals surface area contributed by atoms with Gasteiger partial charge in [0.05, 0.1) is 34.9 Å². The van der Waals surface area contributed by atoms with Gasteiger partial charge in [0, 0.05) is 5.69 Å². The molecule has 2 aromatic carbocycles. The van der Waals surface area contributed by atoms with Crippen molar-refractivity contribution in [2.75, 3.05) is 29.9 Å². The van der Waals surface area contributed by atoms with Crippen molar-refractivity contribution in [3.63, 3.8) is 0 Å². The maximum Gasteiger partial charge on any atom is 0.260 e. The molecule has 0 radical (unpaired) electrons. The van der Waals surface area contributed by atoms with Gasteiger partial charge in [-0.15, -0.1) is 0 Å². The molecule has 0 bridgehead atoms. The van der Waals surface area contributed by atoms with Crippen LogP contribution >= 0.6 is 23.2 Å². The first-order valence-electron chi connectivity index (χ1n) is 10.7. The highest BCUT2D eigenvalue weighted by molar-refractivity contribution is 6.42. The fourth-order valence-corrected chi connectivity index (χ4v) is 4.45. The van der Waals surface area contributed by atoms with Crippen LogP contribution in [0.4, 0.5) is 11.4 Å². The summed E-state index contributed by atoms with van der Waals surface area (Å²) in [4.78, 5) is 41.5. The number of anilines is 2. The van der Waals surface area contributed by atoms with E-state index < -0.39 is 18.1 Å². The maximum atomic E-state index is 13.3. The number of amides is 3. The van der Waals surface area contributed by atoms with Crippen LogP contribution in [-0.4, -0.2) is 54.4 Å². The summed E-state index contributed by atoms with van der Waals surface area (Å²) < 4.78 is 5.64. The number of carbonyl (C=O) groups is 3. The topological polar surface area (TPSA) is 105 Å². The van der Waals surface area contributed by atoms with Gasteiger partial charge < -0.3 is 20.7 Å².